The van der Waals surface area contributed by atoms with E-state index in [9.17, 15) is 43.2 Å². The molecule has 0 aliphatic carbocycles. The summed E-state index contributed by atoms with van der Waals surface area (Å²) in [7, 11) is 1.25. The Labute approximate surface area is 422 Å². The number of ether oxygens (including phenoxy) is 4. The monoisotopic (exact) mass is 1010 g/mol. The largest absolute Gasteiger partial charge is 0.467 e. The Morgan fingerprint density at radius 1 is 0.583 bits per heavy atom. The fourth-order valence-electron chi connectivity index (χ4n) is 7.90. The molecule has 0 spiro atoms. The first-order chi connectivity index (χ1) is 33.9. The molecule has 1 aromatic carbocycles. The highest BCUT2D eigenvalue weighted by Gasteiger charge is 2.36. The number of unbranched alkanes of at least 4 members (excludes halogenated alkanes) is 2. The van der Waals surface area contributed by atoms with E-state index in [-0.39, 0.29) is 76.2 Å². The van der Waals surface area contributed by atoms with Gasteiger partial charge in [0.15, 0.2) is 17.3 Å². The second-order valence-electron chi connectivity index (χ2n) is 20.3. The third kappa shape index (κ3) is 20.1. The number of hydrogen-bond acceptors (Lipinski definition) is 16. The first-order valence-corrected chi connectivity index (χ1v) is 24.4. The van der Waals surface area contributed by atoms with Crippen molar-refractivity contribution in [3.63, 3.8) is 0 Å². The van der Waals surface area contributed by atoms with Crippen LogP contribution in [0.3, 0.4) is 0 Å². The normalized spacial score (nSPS) is 16.6. The summed E-state index contributed by atoms with van der Waals surface area (Å²) >= 11 is 0. The van der Waals surface area contributed by atoms with Gasteiger partial charge in [-0.15, -0.1) is 0 Å². The molecule has 0 aromatic heterocycles. The van der Waals surface area contributed by atoms with Crippen molar-refractivity contribution in [3.05, 3.63) is 71.2 Å². The van der Waals surface area contributed by atoms with E-state index in [2.05, 4.69) is 26.6 Å². The van der Waals surface area contributed by atoms with E-state index in [1.54, 1.807) is 67.5 Å². The van der Waals surface area contributed by atoms with Crippen LogP contribution in [0, 0.1) is 5.92 Å². The highest BCUT2D eigenvalue weighted by Crippen LogP contribution is 2.19. The van der Waals surface area contributed by atoms with Crippen molar-refractivity contribution >= 4 is 53.4 Å². The Morgan fingerprint density at radius 2 is 1.03 bits per heavy atom. The van der Waals surface area contributed by atoms with Gasteiger partial charge < -0.3 is 55.3 Å². The predicted molar refractivity (Wildman–Crippen MR) is 264 cm³/mol. The molecule has 3 aliphatic rings. The lowest BCUT2D eigenvalue weighted by Gasteiger charge is -2.36. The zero-order chi connectivity index (χ0) is 53.2. The average molecular weight is 1010 g/mol. The van der Waals surface area contributed by atoms with Gasteiger partial charge in [0.05, 0.1) is 46.4 Å². The van der Waals surface area contributed by atoms with Gasteiger partial charge in [-0.2, -0.15) is 0 Å². The number of carbonyl (C=O) groups excluding carboxylic acids is 9. The number of ketones is 3. The summed E-state index contributed by atoms with van der Waals surface area (Å²) in [6, 6.07) is 6.29. The van der Waals surface area contributed by atoms with Gasteiger partial charge in [0.1, 0.15) is 35.9 Å². The van der Waals surface area contributed by atoms with Gasteiger partial charge in [-0.05, 0) is 91.5 Å². The molecule has 0 saturated heterocycles. The Balaban J connectivity index is 1.43. The number of amides is 5. The Hall–Kier alpha value is -6.93. The Bertz CT molecular complexity index is 2210. The highest BCUT2D eigenvalue weighted by molar-refractivity contribution is 5.99. The standard InChI is InChI=1S/C51H74N8O13/c1-33(2)43(45(64)58-26-35(23-38(60)30-58)55-42(46(65)69-9)20-14-16-22-53-48(67)72-51(6,7)8)56-37-25-39(61)29-57(27-37)44(63)41(19-13-15-21-52-47(66)71-50(3,4)5)54-36-24-40(62)31-59(28-36)49(68)70-32-34-17-11-10-12-18-34/h10-12,17-18,23-25,33,41-43,54-56H,13-16,19-22,26-32H2,1-9H3,(H,52,66)(H,53,67)/t41-,42-,43+/m0/s1. The van der Waals surface area contributed by atoms with Crippen LogP contribution < -0.4 is 26.6 Å². The van der Waals surface area contributed by atoms with Crippen LogP contribution >= 0.6 is 0 Å². The second kappa shape index (κ2) is 27.0. The predicted octanol–water partition coefficient (Wildman–Crippen LogP) is 3.78. The summed E-state index contributed by atoms with van der Waals surface area (Å²) < 4.78 is 21.1. The smallest absolute Gasteiger partial charge is 0.410 e. The Kier molecular flexibility index (Phi) is 21.7. The van der Waals surface area contributed by atoms with Gasteiger partial charge in [-0.3, -0.25) is 28.9 Å². The molecule has 1 aromatic rings. The summed E-state index contributed by atoms with van der Waals surface area (Å²) in [5.74, 6) is -3.05. The van der Waals surface area contributed by atoms with Crippen LogP contribution in [0.4, 0.5) is 14.4 Å². The average Bonchev–Trinajstić information content (AvgIpc) is 3.29. The summed E-state index contributed by atoms with van der Waals surface area (Å²) in [6.07, 6.45) is 4.59. The molecule has 396 valence electrons. The fourth-order valence-corrected chi connectivity index (χ4v) is 7.90. The maximum atomic E-state index is 14.5. The zero-order valence-corrected chi connectivity index (χ0v) is 43.2. The van der Waals surface area contributed by atoms with E-state index in [1.807, 2.05) is 18.2 Å². The van der Waals surface area contributed by atoms with Crippen molar-refractivity contribution in [2.24, 2.45) is 5.92 Å². The molecule has 0 fully saturated rings. The van der Waals surface area contributed by atoms with E-state index < -0.39 is 77.0 Å². The topological polar surface area (TPSA) is 260 Å². The molecule has 3 heterocycles. The second-order valence-corrected chi connectivity index (χ2v) is 20.3. The SMILES string of the molecule is COC(=O)[C@H](CCCCNC(=O)OC(C)(C)C)NC1=CC(=O)CN(C(=O)[C@H](NC2=CC(=O)CN(C(=O)[C@H](CCCCNC(=O)OC(C)(C)C)NC3=CC(=O)CN(C(=O)OCc4ccccc4)C3)C2)C(C)C)C1. The molecule has 0 unspecified atom stereocenters. The molecule has 5 amide bonds. The van der Waals surface area contributed by atoms with E-state index in [0.717, 1.165) is 5.56 Å². The van der Waals surface area contributed by atoms with Crippen LogP contribution in [0.5, 0.6) is 0 Å². The van der Waals surface area contributed by atoms with Crippen molar-refractivity contribution < 1.29 is 62.1 Å². The molecule has 0 radical (unpaired) electrons. The minimum Gasteiger partial charge on any atom is -0.467 e. The van der Waals surface area contributed by atoms with Crippen LogP contribution in [0.1, 0.15) is 99.5 Å². The van der Waals surface area contributed by atoms with Crippen LogP contribution in [0.25, 0.3) is 0 Å². The molecular weight excluding hydrogens is 933 g/mol. The zero-order valence-electron chi connectivity index (χ0n) is 43.2. The molecule has 0 saturated carbocycles. The van der Waals surface area contributed by atoms with Crippen LogP contribution in [-0.4, -0.2) is 157 Å². The van der Waals surface area contributed by atoms with Crippen LogP contribution in [-0.2, 0) is 54.3 Å². The summed E-state index contributed by atoms with van der Waals surface area (Å²) in [5.41, 5.74) is 0.335. The van der Waals surface area contributed by atoms with Crippen molar-refractivity contribution in [1.29, 1.82) is 0 Å². The van der Waals surface area contributed by atoms with Gasteiger partial charge in [0.25, 0.3) is 0 Å². The lowest BCUT2D eigenvalue weighted by atomic mass is 10.00. The quantitative estimate of drug-likeness (QED) is 0.0629. The number of esters is 1. The summed E-state index contributed by atoms with van der Waals surface area (Å²) in [4.78, 5) is 122. The summed E-state index contributed by atoms with van der Waals surface area (Å²) in [5, 5.41) is 14.8. The number of rotatable bonds is 22. The molecule has 72 heavy (non-hydrogen) atoms. The van der Waals surface area contributed by atoms with E-state index in [0.29, 0.717) is 50.0 Å². The molecular formula is C51H74N8O13. The number of nitrogens with zero attached hydrogens (tertiary/aromatic N) is 3. The van der Waals surface area contributed by atoms with Gasteiger partial charge in [0.2, 0.25) is 11.8 Å². The van der Waals surface area contributed by atoms with Crippen molar-refractivity contribution in [3.8, 4) is 0 Å². The number of carbonyl (C=O) groups is 9. The molecule has 5 N–H and O–H groups in total. The first kappa shape index (κ1) is 57.6. The van der Waals surface area contributed by atoms with Crippen molar-refractivity contribution in [2.45, 2.75) is 130 Å². The molecule has 21 heteroatoms. The first-order valence-electron chi connectivity index (χ1n) is 24.4. The number of hydrogen-bond donors (Lipinski definition) is 5. The molecule has 3 atom stereocenters. The lowest BCUT2D eigenvalue weighted by Crippen LogP contribution is -2.56. The number of alkyl carbamates (subject to hydrolysis) is 2. The third-order valence-electron chi connectivity index (χ3n) is 11.2. The Morgan fingerprint density at radius 3 is 1.51 bits per heavy atom. The van der Waals surface area contributed by atoms with Crippen molar-refractivity contribution in [2.75, 3.05) is 59.5 Å². The van der Waals surface area contributed by atoms with Gasteiger partial charge in [-0.1, -0.05) is 44.2 Å². The number of nitrogens with one attached hydrogen (secondary N) is 5. The molecule has 21 nitrogen and oxygen atoms in total. The molecule has 3 aliphatic heterocycles. The van der Waals surface area contributed by atoms with Gasteiger partial charge in [0, 0.05) is 48.4 Å². The van der Waals surface area contributed by atoms with Crippen LogP contribution in [0.15, 0.2) is 65.7 Å². The number of benzene rings is 1. The molecule has 0 bridgehead atoms. The lowest BCUT2D eigenvalue weighted by molar-refractivity contribution is -0.143. The van der Waals surface area contributed by atoms with E-state index in [4.69, 9.17) is 18.9 Å². The van der Waals surface area contributed by atoms with Gasteiger partial charge in [-0.25, -0.2) is 19.2 Å². The fraction of sp³-hybridized carbons (Fsp3) is 0.588. The minimum atomic E-state index is -0.986. The number of methoxy groups -OCH3 is 1. The highest BCUT2D eigenvalue weighted by atomic mass is 16.6. The van der Waals surface area contributed by atoms with Crippen LogP contribution in [0.2, 0.25) is 0 Å². The van der Waals surface area contributed by atoms with E-state index >= 15 is 0 Å². The minimum absolute atomic E-state index is 0.00533. The summed E-state index contributed by atoms with van der Waals surface area (Å²) in [6.45, 7) is 13.8. The van der Waals surface area contributed by atoms with Gasteiger partial charge >= 0.3 is 24.2 Å². The maximum Gasteiger partial charge on any atom is 0.410 e. The maximum absolute atomic E-state index is 14.5. The molecule has 4 rings (SSSR count). The third-order valence-corrected chi connectivity index (χ3v) is 11.2. The van der Waals surface area contributed by atoms with Crippen molar-refractivity contribution in [1.82, 2.24) is 41.3 Å². The van der Waals surface area contributed by atoms with E-state index in [1.165, 1.54) is 40.0 Å².